The number of rotatable bonds is 4. The van der Waals surface area contributed by atoms with Crippen LogP contribution in [-0.4, -0.2) is 34.9 Å². The van der Waals surface area contributed by atoms with Crippen LogP contribution in [0.3, 0.4) is 0 Å². The summed E-state index contributed by atoms with van der Waals surface area (Å²) in [5.41, 5.74) is 1.29. The molecule has 0 radical (unpaired) electrons. The zero-order valence-corrected chi connectivity index (χ0v) is 14.1. The van der Waals surface area contributed by atoms with Gasteiger partial charge in [0.05, 0.1) is 0 Å². The molecule has 1 aliphatic heterocycles. The van der Waals surface area contributed by atoms with E-state index < -0.39 is 0 Å². The largest absolute Gasteiger partial charge is 0.348 e. The molecule has 1 fully saturated rings. The quantitative estimate of drug-likeness (QED) is 0.894. The first kappa shape index (κ1) is 16.7. The van der Waals surface area contributed by atoms with Gasteiger partial charge in [0.25, 0.3) is 5.91 Å². The third kappa shape index (κ3) is 4.46. The van der Waals surface area contributed by atoms with Crippen LogP contribution < -0.4 is 10.9 Å². The van der Waals surface area contributed by atoms with E-state index in [1.807, 2.05) is 24.3 Å². The number of carbonyl (C=O) groups excluding carboxylic acids is 1. The van der Waals surface area contributed by atoms with Gasteiger partial charge in [-0.25, -0.2) is 0 Å². The second-order valence-electron chi connectivity index (χ2n) is 6.08. The van der Waals surface area contributed by atoms with Gasteiger partial charge in [-0.2, -0.15) is 0 Å². The number of benzene rings is 1. The lowest BCUT2D eigenvalue weighted by Gasteiger charge is -2.32. The van der Waals surface area contributed by atoms with Gasteiger partial charge in [-0.3, -0.25) is 14.5 Å². The number of likely N-dealkylation sites (tertiary alicyclic amines) is 1. The topological polar surface area (TPSA) is 65.2 Å². The molecular formula is C18H20ClN3O2. The zero-order valence-electron chi connectivity index (χ0n) is 13.3. The summed E-state index contributed by atoms with van der Waals surface area (Å²) in [7, 11) is 0. The Bertz CT molecular complexity index is 749. The van der Waals surface area contributed by atoms with Crippen LogP contribution in [-0.2, 0) is 6.54 Å². The second-order valence-corrected chi connectivity index (χ2v) is 6.52. The fraction of sp³-hybridized carbons (Fsp3) is 0.333. The van der Waals surface area contributed by atoms with Crippen molar-refractivity contribution in [3.8, 4) is 0 Å². The summed E-state index contributed by atoms with van der Waals surface area (Å²) in [6.45, 7) is 2.75. The summed E-state index contributed by atoms with van der Waals surface area (Å²) in [5.74, 6) is -0.219. The number of carbonyl (C=O) groups is 1. The molecule has 1 aromatic heterocycles. The molecule has 126 valence electrons. The van der Waals surface area contributed by atoms with Crippen molar-refractivity contribution >= 4 is 17.5 Å². The highest BCUT2D eigenvalue weighted by Gasteiger charge is 2.21. The fourth-order valence-corrected chi connectivity index (χ4v) is 3.05. The standard InChI is InChI=1S/C18H20ClN3O2/c19-14-6-4-13(5-7-14)12-22-10-8-15(9-11-22)20-18(24)16-2-1-3-17(23)21-16/h1-7,15H,8-12H2,(H,20,24)(H,21,23). The molecule has 0 saturated carbocycles. The molecule has 1 saturated heterocycles. The van der Waals surface area contributed by atoms with Crippen molar-refractivity contribution in [3.05, 3.63) is 69.1 Å². The van der Waals surface area contributed by atoms with Crippen LogP contribution in [0, 0.1) is 0 Å². The maximum absolute atomic E-state index is 12.2. The molecule has 2 N–H and O–H groups in total. The summed E-state index contributed by atoms with van der Waals surface area (Å²) in [5, 5.41) is 3.75. The van der Waals surface area contributed by atoms with Crippen molar-refractivity contribution in [1.82, 2.24) is 15.2 Å². The monoisotopic (exact) mass is 345 g/mol. The predicted molar refractivity (Wildman–Crippen MR) is 94.3 cm³/mol. The van der Waals surface area contributed by atoms with Crippen molar-refractivity contribution < 1.29 is 4.79 Å². The van der Waals surface area contributed by atoms with Crippen LogP contribution in [0.4, 0.5) is 0 Å². The van der Waals surface area contributed by atoms with Gasteiger partial charge in [0.2, 0.25) is 5.56 Å². The molecule has 6 heteroatoms. The van der Waals surface area contributed by atoms with Gasteiger partial charge in [-0.15, -0.1) is 0 Å². The number of aromatic amines is 1. The molecule has 5 nitrogen and oxygen atoms in total. The lowest BCUT2D eigenvalue weighted by Crippen LogP contribution is -2.44. The normalized spacial score (nSPS) is 16.0. The first-order chi connectivity index (χ1) is 11.6. The number of hydrogen-bond acceptors (Lipinski definition) is 3. The number of nitrogens with one attached hydrogen (secondary N) is 2. The van der Waals surface area contributed by atoms with E-state index in [1.165, 1.54) is 11.6 Å². The summed E-state index contributed by atoms with van der Waals surface area (Å²) in [4.78, 5) is 28.4. The van der Waals surface area contributed by atoms with Crippen molar-refractivity contribution in [3.63, 3.8) is 0 Å². The molecule has 0 atom stereocenters. The van der Waals surface area contributed by atoms with E-state index >= 15 is 0 Å². The summed E-state index contributed by atoms with van der Waals surface area (Å²) < 4.78 is 0. The molecule has 2 aromatic rings. The highest BCUT2D eigenvalue weighted by molar-refractivity contribution is 6.30. The molecule has 0 unspecified atom stereocenters. The first-order valence-corrected chi connectivity index (χ1v) is 8.45. The molecule has 24 heavy (non-hydrogen) atoms. The zero-order chi connectivity index (χ0) is 16.9. The Labute approximate surface area is 145 Å². The number of pyridine rings is 1. The third-order valence-corrected chi connectivity index (χ3v) is 4.51. The van der Waals surface area contributed by atoms with Crippen LogP contribution in [0.15, 0.2) is 47.3 Å². The van der Waals surface area contributed by atoms with Crippen molar-refractivity contribution in [2.45, 2.75) is 25.4 Å². The number of nitrogens with zero attached hydrogens (tertiary/aromatic N) is 1. The van der Waals surface area contributed by atoms with Gasteiger partial charge in [-0.1, -0.05) is 29.8 Å². The van der Waals surface area contributed by atoms with Crippen molar-refractivity contribution in [2.24, 2.45) is 0 Å². The molecule has 1 aliphatic rings. The number of aromatic nitrogens is 1. The maximum atomic E-state index is 12.2. The Kier molecular flexibility index (Phi) is 5.33. The van der Waals surface area contributed by atoms with Gasteiger partial charge in [0.15, 0.2) is 0 Å². The molecule has 3 rings (SSSR count). The highest BCUT2D eigenvalue weighted by Crippen LogP contribution is 2.16. The van der Waals surface area contributed by atoms with E-state index in [4.69, 9.17) is 11.6 Å². The molecular weight excluding hydrogens is 326 g/mol. The molecule has 0 aliphatic carbocycles. The lowest BCUT2D eigenvalue weighted by molar-refractivity contribution is 0.0903. The van der Waals surface area contributed by atoms with Gasteiger partial charge in [0, 0.05) is 36.8 Å². The smallest absolute Gasteiger partial charge is 0.268 e. The van der Waals surface area contributed by atoms with E-state index in [0.717, 1.165) is 37.5 Å². The van der Waals surface area contributed by atoms with E-state index in [-0.39, 0.29) is 17.5 Å². The summed E-state index contributed by atoms with van der Waals surface area (Å²) >= 11 is 5.91. The molecule has 1 amide bonds. The Hall–Kier alpha value is -2.11. The minimum Gasteiger partial charge on any atom is -0.348 e. The number of halogens is 1. The average Bonchev–Trinajstić information content (AvgIpc) is 2.59. The number of piperidine rings is 1. The number of hydrogen-bond donors (Lipinski definition) is 2. The SMILES string of the molecule is O=C(NC1CCN(Cc2ccc(Cl)cc2)CC1)c1cccc(=O)[nH]1. The van der Waals surface area contributed by atoms with Crippen LogP contribution >= 0.6 is 11.6 Å². The van der Waals surface area contributed by atoms with Crippen LogP contribution in [0.25, 0.3) is 0 Å². The molecule has 1 aromatic carbocycles. The van der Waals surface area contributed by atoms with E-state index in [9.17, 15) is 9.59 Å². The molecule has 2 heterocycles. The first-order valence-electron chi connectivity index (χ1n) is 8.07. The average molecular weight is 346 g/mol. The number of amides is 1. The molecule has 0 bridgehead atoms. The van der Waals surface area contributed by atoms with E-state index in [0.29, 0.717) is 5.69 Å². The number of H-pyrrole nitrogens is 1. The Morgan fingerprint density at radius 3 is 2.54 bits per heavy atom. The maximum Gasteiger partial charge on any atom is 0.268 e. The Morgan fingerprint density at radius 2 is 1.88 bits per heavy atom. The van der Waals surface area contributed by atoms with Crippen LogP contribution in [0.2, 0.25) is 5.02 Å². The lowest BCUT2D eigenvalue weighted by atomic mass is 10.0. The molecule has 0 spiro atoms. The Balaban J connectivity index is 1.49. The summed E-state index contributed by atoms with van der Waals surface area (Å²) in [6, 6.07) is 12.6. The summed E-state index contributed by atoms with van der Waals surface area (Å²) in [6.07, 6.45) is 1.80. The van der Waals surface area contributed by atoms with Crippen molar-refractivity contribution in [1.29, 1.82) is 0 Å². The predicted octanol–water partition coefficient (Wildman–Crippen LogP) is 2.42. The fourth-order valence-electron chi connectivity index (χ4n) is 2.93. The minimum absolute atomic E-state index is 0.141. The highest BCUT2D eigenvalue weighted by atomic mass is 35.5. The van der Waals surface area contributed by atoms with Gasteiger partial charge < -0.3 is 10.3 Å². The van der Waals surface area contributed by atoms with Gasteiger partial charge in [0.1, 0.15) is 5.69 Å². The Morgan fingerprint density at radius 1 is 1.17 bits per heavy atom. The minimum atomic E-state index is -0.263. The van der Waals surface area contributed by atoms with Crippen LogP contribution in [0.5, 0.6) is 0 Å². The van der Waals surface area contributed by atoms with Gasteiger partial charge in [-0.05, 0) is 36.6 Å². The van der Waals surface area contributed by atoms with Crippen molar-refractivity contribution in [2.75, 3.05) is 13.1 Å². The third-order valence-electron chi connectivity index (χ3n) is 4.26. The second kappa shape index (κ2) is 7.64. The van der Waals surface area contributed by atoms with Gasteiger partial charge >= 0.3 is 0 Å². The van der Waals surface area contributed by atoms with E-state index in [1.54, 1.807) is 12.1 Å². The van der Waals surface area contributed by atoms with E-state index in [2.05, 4.69) is 15.2 Å². The van der Waals surface area contributed by atoms with Crippen LogP contribution in [0.1, 0.15) is 28.9 Å².